The normalized spacial score (nSPS) is 15.3. The average Bonchev–Trinajstić information content (AvgIpc) is 2.69. The lowest BCUT2D eigenvalue weighted by atomic mass is 10.2. The Morgan fingerprint density at radius 2 is 1.73 bits per heavy atom. The Labute approximate surface area is 153 Å². The van der Waals surface area contributed by atoms with Crippen LogP contribution in [0.2, 0.25) is 0 Å². The fourth-order valence-electron chi connectivity index (χ4n) is 2.91. The number of hydrogen-bond donors (Lipinski definition) is 1. The molecule has 2 aromatic rings. The molecule has 1 heterocycles. The first-order valence-corrected chi connectivity index (χ1v) is 8.80. The lowest BCUT2D eigenvalue weighted by Crippen LogP contribution is -2.47. The van der Waals surface area contributed by atoms with Gasteiger partial charge < -0.3 is 4.90 Å². The zero-order chi connectivity index (χ0) is 18.2. The third-order valence-electron chi connectivity index (χ3n) is 4.42. The van der Waals surface area contributed by atoms with Crippen molar-refractivity contribution in [3.05, 3.63) is 66.0 Å². The third-order valence-corrected chi connectivity index (χ3v) is 4.42. The summed E-state index contributed by atoms with van der Waals surface area (Å²) in [6.45, 7) is 4.55. The summed E-state index contributed by atoms with van der Waals surface area (Å²) in [7, 11) is 0. The smallest absolute Gasteiger partial charge is 0.241 e. The molecule has 5 nitrogen and oxygen atoms in total. The highest BCUT2D eigenvalue weighted by Gasteiger charge is 2.17. The highest BCUT2D eigenvalue weighted by atomic mass is 19.1. The number of hydrogen-bond acceptors (Lipinski definition) is 4. The maximum Gasteiger partial charge on any atom is 0.241 e. The van der Waals surface area contributed by atoms with Gasteiger partial charge in [-0.2, -0.15) is 5.10 Å². The van der Waals surface area contributed by atoms with E-state index >= 15 is 0 Å². The van der Waals surface area contributed by atoms with E-state index in [0.717, 1.165) is 38.3 Å². The van der Waals surface area contributed by atoms with E-state index in [1.807, 2.05) is 6.07 Å². The Kier molecular flexibility index (Phi) is 6.33. The van der Waals surface area contributed by atoms with Gasteiger partial charge in [0.25, 0.3) is 0 Å². The van der Waals surface area contributed by atoms with Gasteiger partial charge >= 0.3 is 0 Å². The number of anilines is 1. The average molecular weight is 354 g/mol. The van der Waals surface area contributed by atoms with E-state index in [1.165, 1.54) is 24.0 Å². The zero-order valence-electron chi connectivity index (χ0n) is 14.6. The minimum Gasteiger partial charge on any atom is -0.369 e. The largest absolute Gasteiger partial charge is 0.369 e. The van der Waals surface area contributed by atoms with Crippen LogP contribution in [0.15, 0.2) is 59.7 Å². The summed E-state index contributed by atoms with van der Waals surface area (Å²) in [6, 6.07) is 16.3. The fraction of sp³-hybridized carbons (Fsp3) is 0.300. The summed E-state index contributed by atoms with van der Waals surface area (Å²) in [5, 5.41) is 3.91. The van der Waals surface area contributed by atoms with Gasteiger partial charge in [-0.15, -0.1) is 0 Å². The maximum absolute atomic E-state index is 12.8. The molecule has 2 aromatic carbocycles. The number of benzene rings is 2. The maximum atomic E-state index is 12.8. The molecule has 1 amide bonds. The summed E-state index contributed by atoms with van der Waals surface area (Å²) < 4.78 is 12.8. The monoisotopic (exact) mass is 354 g/mol. The van der Waals surface area contributed by atoms with Gasteiger partial charge in [0.1, 0.15) is 5.82 Å². The van der Waals surface area contributed by atoms with Crippen molar-refractivity contribution in [2.45, 2.75) is 6.42 Å². The van der Waals surface area contributed by atoms with Gasteiger partial charge in [0, 0.05) is 44.8 Å². The van der Waals surface area contributed by atoms with Crippen LogP contribution >= 0.6 is 0 Å². The van der Waals surface area contributed by atoms with Gasteiger partial charge in [-0.3, -0.25) is 9.69 Å². The molecule has 0 bridgehead atoms. The predicted molar refractivity (Wildman–Crippen MR) is 102 cm³/mol. The number of rotatable bonds is 6. The van der Waals surface area contributed by atoms with Crippen molar-refractivity contribution in [1.29, 1.82) is 0 Å². The van der Waals surface area contributed by atoms with Crippen LogP contribution in [0.4, 0.5) is 10.1 Å². The highest BCUT2D eigenvalue weighted by molar-refractivity contribution is 5.82. The van der Waals surface area contributed by atoms with Crippen molar-refractivity contribution in [2.24, 2.45) is 5.10 Å². The molecular weight excluding hydrogens is 331 g/mol. The molecule has 1 saturated heterocycles. The molecule has 0 unspecified atom stereocenters. The number of nitrogens with one attached hydrogen (secondary N) is 1. The molecule has 3 rings (SSSR count). The Balaban J connectivity index is 1.35. The topological polar surface area (TPSA) is 47.9 Å². The van der Waals surface area contributed by atoms with Gasteiger partial charge in [-0.1, -0.05) is 30.3 Å². The minimum absolute atomic E-state index is 0.117. The van der Waals surface area contributed by atoms with Crippen molar-refractivity contribution in [2.75, 3.05) is 37.6 Å². The molecule has 26 heavy (non-hydrogen) atoms. The quantitative estimate of drug-likeness (QED) is 0.640. The number of halogens is 1. The van der Waals surface area contributed by atoms with Crippen LogP contribution in [0.5, 0.6) is 0 Å². The summed E-state index contributed by atoms with van der Waals surface area (Å²) in [5.41, 5.74) is 4.51. The number of amides is 1. The molecule has 1 fully saturated rings. The van der Waals surface area contributed by atoms with Crippen LogP contribution < -0.4 is 10.3 Å². The minimum atomic E-state index is -0.293. The van der Waals surface area contributed by atoms with Gasteiger partial charge in [0.2, 0.25) is 5.91 Å². The standard InChI is InChI=1S/C20H23FN4O/c21-18-8-6-17(7-9-18)16-22-23-20(26)10-11-24-12-14-25(15-13-24)19-4-2-1-3-5-19/h1-9,16H,10-15H2,(H,23,26)/b22-16-. The van der Waals surface area contributed by atoms with Crippen molar-refractivity contribution in [3.8, 4) is 0 Å². The van der Waals surface area contributed by atoms with Crippen LogP contribution in [0, 0.1) is 5.82 Å². The van der Waals surface area contributed by atoms with E-state index in [-0.39, 0.29) is 11.7 Å². The molecule has 0 saturated carbocycles. The van der Waals surface area contributed by atoms with Crippen LogP contribution in [0.1, 0.15) is 12.0 Å². The second kappa shape index (κ2) is 9.10. The van der Waals surface area contributed by atoms with E-state index in [2.05, 4.69) is 44.6 Å². The molecule has 1 aliphatic heterocycles. The highest BCUT2D eigenvalue weighted by Crippen LogP contribution is 2.15. The summed E-state index contributed by atoms with van der Waals surface area (Å²) in [6.07, 6.45) is 1.92. The first-order valence-electron chi connectivity index (χ1n) is 8.80. The van der Waals surface area contributed by atoms with Crippen LogP contribution in [0.3, 0.4) is 0 Å². The van der Waals surface area contributed by atoms with Crippen molar-refractivity contribution >= 4 is 17.8 Å². The van der Waals surface area contributed by atoms with Gasteiger partial charge in [-0.05, 0) is 29.8 Å². The van der Waals surface area contributed by atoms with Gasteiger partial charge in [0.15, 0.2) is 0 Å². The van der Waals surface area contributed by atoms with Gasteiger partial charge in [-0.25, -0.2) is 9.82 Å². The number of para-hydroxylation sites is 1. The summed E-state index contributed by atoms with van der Waals surface area (Å²) in [4.78, 5) is 16.6. The summed E-state index contributed by atoms with van der Waals surface area (Å²) >= 11 is 0. The van der Waals surface area contributed by atoms with Gasteiger partial charge in [0.05, 0.1) is 6.21 Å². The predicted octanol–water partition coefficient (Wildman–Crippen LogP) is 2.49. The number of hydrazone groups is 1. The molecule has 0 spiro atoms. The Morgan fingerprint density at radius 1 is 1.04 bits per heavy atom. The molecular formula is C20H23FN4O. The second-order valence-electron chi connectivity index (χ2n) is 6.26. The Morgan fingerprint density at radius 3 is 2.42 bits per heavy atom. The van der Waals surface area contributed by atoms with Crippen molar-refractivity contribution in [3.63, 3.8) is 0 Å². The first kappa shape index (κ1) is 18.1. The number of carbonyl (C=O) groups is 1. The molecule has 6 heteroatoms. The van der Waals surface area contributed by atoms with E-state index < -0.39 is 0 Å². The van der Waals surface area contributed by atoms with Crippen LogP contribution in [-0.4, -0.2) is 49.7 Å². The molecule has 0 atom stereocenters. The van der Waals surface area contributed by atoms with E-state index in [1.54, 1.807) is 12.1 Å². The zero-order valence-corrected chi connectivity index (χ0v) is 14.6. The summed E-state index contributed by atoms with van der Waals surface area (Å²) in [5.74, 6) is -0.410. The van der Waals surface area contributed by atoms with E-state index in [4.69, 9.17) is 0 Å². The molecule has 0 radical (unpaired) electrons. The van der Waals surface area contributed by atoms with E-state index in [0.29, 0.717) is 6.42 Å². The molecule has 0 aliphatic carbocycles. The number of piperazine rings is 1. The molecule has 136 valence electrons. The second-order valence-corrected chi connectivity index (χ2v) is 6.26. The van der Waals surface area contributed by atoms with Crippen LogP contribution in [-0.2, 0) is 4.79 Å². The molecule has 1 N–H and O–H groups in total. The third kappa shape index (κ3) is 5.39. The van der Waals surface area contributed by atoms with E-state index in [9.17, 15) is 9.18 Å². The molecule has 0 aromatic heterocycles. The number of nitrogens with zero attached hydrogens (tertiary/aromatic N) is 3. The molecule has 1 aliphatic rings. The number of carbonyl (C=O) groups excluding carboxylic acids is 1. The van der Waals surface area contributed by atoms with Crippen LogP contribution in [0.25, 0.3) is 0 Å². The SMILES string of the molecule is O=C(CCN1CCN(c2ccccc2)CC1)N/N=C\c1ccc(F)cc1. The lowest BCUT2D eigenvalue weighted by Gasteiger charge is -2.36. The lowest BCUT2D eigenvalue weighted by molar-refractivity contribution is -0.121. The van der Waals surface area contributed by atoms with Crippen molar-refractivity contribution in [1.82, 2.24) is 10.3 Å². The first-order chi connectivity index (χ1) is 12.7. The van der Waals surface area contributed by atoms with Crippen molar-refractivity contribution < 1.29 is 9.18 Å². The Hall–Kier alpha value is -2.73. The Bertz CT molecular complexity index is 725. The fourth-order valence-corrected chi connectivity index (χ4v) is 2.91.